The molecule has 0 amide bonds. The molecule has 0 radical (unpaired) electrons. The molecule has 1 aliphatic heterocycles. The molecule has 1 aromatic carbocycles. The van der Waals surface area contributed by atoms with Crippen molar-refractivity contribution in [2.24, 2.45) is 5.92 Å². The van der Waals surface area contributed by atoms with Crippen molar-refractivity contribution in [3.63, 3.8) is 0 Å². The highest BCUT2D eigenvalue weighted by atomic mass is 19.4. The molecule has 1 fully saturated rings. The number of hydrogen-bond acceptors (Lipinski definition) is 2. The molecule has 1 aliphatic rings. The van der Waals surface area contributed by atoms with Gasteiger partial charge in [0, 0.05) is 19.1 Å². The molecule has 0 spiro atoms. The topological polar surface area (TPSA) is 15.3 Å². The lowest BCUT2D eigenvalue weighted by Crippen LogP contribution is -2.43. The summed E-state index contributed by atoms with van der Waals surface area (Å²) >= 11 is 0. The molecule has 21 heavy (non-hydrogen) atoms. The molecule has 1 N–H and O–H groups in total. The quantitative estimate of drug-likeness (QED) is 0.857. The van der Waals surface area contributed by atoms with E-state index in [2.05, 4.69) is 12.2 Å². The molecule has 2 unspecified atom stereocenters. The van der Waals surface area contributed by atoms with E-state index >= 15 is 0 Å². The molecular weight excluding hydrogens is 284 g/mol. The largest absolute Gasteiger partial charge is 0.416 e. The summed E-state index contributed by atoms with van der Waals surface area (Å²) in [6.07, 6.45) is -2.55. The zero-order valence-corrected chi connectivity index (χ0v) is 12.2. The van der Waals surface area contributed by atoms with Gasteiger partial charge in [0.05, 0.1) is 11.3 Å². The molecule has 0 bridgehead atoms. The van der Waals surface area contributed by atoms with Crippen LogP contribution in [0.1, 0.15) is 25.3 Å². The van der Waals surface area contributed by atoms with Crippen LogP contribution in [0.4, 0.5) is 23.2 Å². The van der Waals surface area contributed by atoms with Crippen LogP contribution in [0, 0.1) is 11.7 Å². The van der Waals surface area contributed by atoms with Gasteiger partial charge in [-0.1, -0.05) is 0 Å². The van der Waals surface area contributed by atoms with E-state index in [1.54, 1.807) is 0 Å². The van der Waals surface area contributed by atoms with Crippen molar-refractivity contribution in [1.82, 2.24) is 5.32 Å². The van der Waals surface area contributed by atoms with Crippen LogP contribution in [-0.4, -0.2) is 26.2 Å². The maximum Gasteiger partial charge on any atom is 0.416 e. The van der Waals surface area contributed by atoms with Gasteiger partial charge in [0.15, 0.2) is 0 Å². The fourth-order valence-corrected chi connectivity index (χ4v) is 2.81. The molecule has 6 heteroatoms. The molecule has 1 saturated heterocycles. The Morgan fingerprint density at radius 2 is 2.05 bits per heavy atom. The summed E-state index contributed by atoms with van der Waals surface area (Å²) in [6.45, 7) is 3.40. The van der Waals surface area contributed by atoms with Crippen LogP contribution < -0.4 is 10.2 Å². The third-order valence-corrected chi connectivity index (χ3v) is 4.24. The number of halogens is 4. The molecule has 0 aliphatic carbocycles. The van der Waals surface area contributed by atoms with Gasteiger partial charge >= 0.3 is 6.18 Å². The highest BCUT2D eigenvalue weighted by Crippen LogP contribution is 2.33. The summed E-state index contributed by atoms with van der Waals surface area (Å²) in [5.41, 5.74) is -0.683. The number of hydrogen-bond donors (Lipinski definition) is 1. The normalized spacial score (nSPS) is 21.4. The van der Waals surface area contributed by atoms with E-state index in [9.17, 15) is 17.6 Å². The summed E-state index contributed by atoms with van der Waals surface area (Å²) < 4.78 is 51.7. The lowest BCUT2D eigenvalue weighted by Gasteiger charge is -2.37. The van der Waals surface area contributed by atoms with Crippen molar-refractivity contribution in [1.29, 1.82) is 0 Å². The molecular formula is C15H20F4N2. The molecule has 2 atom stereocenters. The highest BCUT2D eigenvalue weighted by Gasteiger charge is 2.32. The minimum absolute atomic E-state index is 0.260. The average molecular weight is 304 g/mol. The number of anilines is 1. The smallest absolute Gasteiger partial charge is 0.369 e. The Hall–Kier alpha value is -1.30. The van der Waals surface area contributed by atoms with Gasteiger partial charge in [0.1, 0.15) is 5.82 Å². The van der Waals surface area contributed by atoms with Gasteiger partial charge in [-0.3, -0.25) is 0 Å². The van der Waals surface area contributed by atoms with E-state index in [-0.39, 0.29) is 5.69 Å². The van der Waals surface area contributed by atoms with Crippen molar-refractivity contribution in [2.45, 2.75) is 32.0 Å². The van der Waals surface area contributed by atoms with Crippen LogP contribution in [0.25, 0.3) is 0 Å². The van der Waals surface area contributed by atoms with Crippen molar-refractivity contribution >= 4 is 5.69 Å². The number of nitrogens with one attached hydrogen (secondary N) is 1. The summed E-state index contributed by atoms with van der Waals surface area (Å²) in [7, 11) is 1.88. The van der Waals surface area contributed by atoms with Gasteiger partial charge in [0.2, 0.25) is 0 Å². The van der Waals surface area contributed by atoms with Crippen molar-refractivity contribution < 1.29 is 17.6 Å². The fourth-order valence-electron chi connectivity index (χ4n) is 2.81. The van der Waals surface area contributed by atoms with Crippen LogP contribution in [0.5, 0.6) is 0 Å². The van der Waals surface area contributed by atoms with Crippen LogP contribution >= 0.6 is 0 Å². The second-order valence-electron chi connectivity index (χ2n) is 5.59. The first-order valence-corrected chi connectivity index (χ1v) is 7.12. The number of rotatable bonds is 3. The predicted octanol–water partition coefficient (Wildman–Crippen LogP) is 3.67. The number of alkyl halides is 3. The Balaban J connectivity index is 2.18. The minimum Gasteiger partial charge on any atom is -0.369 e. The zero-order chi connectivity index (χ0) is 15.6. The van der Waals surface area contributed by atoms with Gasteiger partial charge in [-0.25, -0.2) is 4.39 Å². The Bertz CT molecular complexity index is 487. The SMILES string of the molecule is CNC(C)C1CCCN(c2ccc(C(F)(F)F)cc2F)C1. The van der Waals surface area contributed by atoms with Crippen LogP contribution in [-0.2, 0) is 6.18 Å². The van der Waals surface area contributed by atoms with E-state index in [1.807, 2.05) is 11.9 Å². The maximum absolute atomic E-state index is 14.0. The molecule has 2 rings (SSSR count). The van der Waals surface area contributed by atoms with Crippen molar-refractivity contribution in [3.05, 3.63) is 29.6 Å². The van der Waals surface area contributed by atoms with Gasteiger partial charge in [0.25, 0.3) is 0 Å². The van der Waals surface area contributed by atoms with Gasteiger partial charge in [-0.05, 0) is 50.9 Å². The summed E-state index contributed by atoms with van der Waals surface area (Å²) in [6, 6.07) is 3.07. The third-order valence-electron chi connectivity index (χ3n) is 4.24. The molecule has 1 heterocycles. The van der Waals surface area contributed by atoms with E-state index in [0.717, 1.165) is 18.9 Å². The molecule has 0 aromatic heterocycles. The molecule has 2 nitrogen and oxygen atoms in total. The predicted molar refractivity (Wildman–Crippen MR) is 74.9 cm³/mol. The number of nitrogens with zero attached hydrogens (tertiary/aromatic N) is 1. The molecule has 0 saturated carbocycles. The zero-order valence-electron chi connectivity index (χ0n) is 12.2. The first-order valence-electron chi connectivity index (χ1n) is 7.12. The van der Waals surface area contributed by atoms with E-state index in [4.69, 9.17) is 0 Å². The lowest BCUT2D eigenvalue weighted by molar-refractivity contribution is -0.137. The number of benzene rings is 1. The summed E-state index contributed by atoms with van der Waals surface area (Å²) in [4.78, 5) is 1.84. The monoisotopic (exact) mass is 304 g/mol. The third kappa shape index (κ3) is 3.67. The average Bonchev–Trinajstić information content (AvgIpc) is 2.45. The van der Waals surface area contributed by atoms with Crippen molar-refractivity contribution in [3.8, 4) is 0 Å². The fraction of sp³-hybridized carbons (Fsp3) is 0.600. The summed E-state index contributed by atoms with van der Waals surface area (Å²) in [5, 5.41) is 3.18. The molecule has 118 valence electrons. The highest BCUT2D eigenvalue weighted by molar-refractivity contribution is 5.50. The Morgan fingerprint density at radius 1 is 1.33 bits per heavy atom. The van der Waals surface area contributed by atoms with Crippen molar-refractivity contribution in [2.75, 3.05) is 25.0 Å². The number of piperidine rings is 1. The Kier molecular flexibility index (Phi) is 4.76. The second-order valence-corrected chi connectivity index (χ2v) is 5.59. The molecule has 1 aromatic rings. The van der Waals surface area contributed by atoms with Crippen LogP contribution in [0.3, 0.4) is 0 Å². The Labute approximate surface area is 122 Å². The van der Waals surface area contributed by atoms with Gasteiger partial charge in [-0.2, -0.15) is 13.2 Å². The Morgan fingerprint density at radius 3 is 2.62 bits per heavy atom. The van der Waals surface area contributed by atoms with E-state index < -0.39 is 17.6 Å². The first-order chi connectivity index (χ1) is 9.82. The van der Waals surface area contributed by atoms with E-state index in [1.165, 1.54) is 6.07 Å². The van der Waals surface area contributed by atoms with Gasteiger partial charge < -0.3 is 10.2 Å². The first kappa shape index (κ1) is 16.1. The van der Waals surface area contributed by atoms with Crippen LogP contribution in [0.2, 0.25) is 0 Å². The standard InChI is InChI=1S/C15H20F4N2/c1-10(20-2)11-4-3-7-21(9-11)14-6-5-12(8-13(14)16)15(17,18)19/h5-6,8,10-11,20H,3-4,7,9H2,1-2H3. The second kappa shape index (κ2) is 6.22. The maximum atomic E-state index is 14.0. The minimum atomic E-state index is -4.51. The summed E-state index contributed by atoms with van der Waals surface area (Å²) in [5.74, 6) is -0.437. The van der Waals surface area contributed by atoms with Crippen LogP contribution in [0.15, 0.2) is 18.2 Å². The van der Waals surface area contributed by atoms with Gasteiger partial charge in [-0.15, -0.1) is 0 Å². The lowest BCUT2D eigenvalue weighted by atomic mass is 9.91. The van der Waals surface area contributed by atoms with E-state index in [0.29, 0.717) is 31.1 Å².